The first-order valence-electron chi connectivity index (χ1n) is 5.23. The minimum atomic E-state index is -0.687. The minimum Gasteiger partial charge on any atom is -0.481 e. The molecule has 2 atom stereocenters. The molecule has 0 aromatic rings. The number of aliphatic carboxylic acids is 1. The third-order valence-corrected chi connectivity index (χ3v) is 2.87. The molecule has 0 aromatic heterocycles. The lowest BCUT2D eigenvalue weighted by Gasteiger charge is -2.35. The average Bonchev–Trinajstić information content (AvgIpc) is 2.02. The highest BCUT2D eigenvalue weighted by molar-refractivity contribution is 5.71. The van der Waals surface area contributed by atoms with Gasteiger partial charge in [-0.15, -0.1) is 0 Å². The number of hydrogen-bond acceptors (Lipinski definition) is 2. The molecule has 1 heterocycles. The standard InChI is InChI=1S/C11H20O3/c1-11(2,3)9(10(12)13)8-5-4-6-14-7-8/h8-9H,4-7H2,1-3H3,(H,12,13). The van der Waals surface area contributed by atoms with E-state index in [0.29, 0.717) is 6.61 Å². The van der Waals surface area contributed by atoms with Crippen molar-refractivity contribution in [3.8, 4) is 0 Å². The van der Waals surface area contributed by atoms with Gasteiger partial charge in [0.25, 0.3) is 0 Å². The first-order valence-corrected chi connectivity index (χ1v) is 5.23. The second-order valence-electron chi connectivity index (χ2n) is 5.16. The molecule has 1 aliphatic heterocycles. The van der Waals surface area contributed by atoms with Crippen molar-refractivity contribution in [1.82, 2.24) is 0 Å². The van der Waals surface area contributed by atoms with Crippen LogP contribution in [0.5, 0.6) is 0 Å². The molecule has 3 heteroatoms. The van der Waals surface area contributed by atoms with Crippen LogP contribution in [0.2, 0.25) is 0 Å². The summed E-state index contributed by atoms with van der Waals surface area (Å²) in [5.41, 5.74) is -0.183. The van der Waals surface area contributed by atoms with E-state index in [-0.39, 0.29) is 17.3 Å². The molecule has 0 saturated carbocycles. The third kappa shape index (κ3) is 2.71. The fourth-order valence-electron chi connectivity index (χ4n) is 2.31. The maximum Gasteiger partial charge on any atom is 0.307 e. The summed E-state index contributed by atoms with van der Waals surface area (Å²) in [7, 11) is 0. The first-order chi connectivity index (χ1) is 6.43. The highest BCUT2D eigenvalue weighted by atomic mass is 16.5. The molecule has 0 bridgehead atoms. The van der Waals surface area contributed by atoms with Crippen molar-refractivity contribution in [3.05, 3.63) is 0 Å². The van der Waals surface area contributed by atoms with Crippen molar-refractivity contribution < 1.29 is 14.6 Å². The molecule has 1 saturated heterocycles. The number of carboxylic acid groups (broad SMARTS) is 1. The SMILES string of the molecule is CC(C)(C)C(C(=O)O)C1CCCOC1. The zero-order valence-corrected chi connectivity index (χ0v) is 9.25. The van der Waals surface area contributed by atoms with Crippen LogP contribution in [-0.2, 0) is 9.53 Å². The van der Waals surface area contributed by atoms with Crippen molar-refractivity contribution in [2.24, 2.45) is 17.3 Å². The summed E-state index contributed by atoms with van der Waals surface area (Å²) in [5, 5.41) is 9.21. The van der Waals surface area contributed by atoms with E-state index < -0.39 is 5.97 Å². The number of hydrogen-bond donors (Lipinski definition) is 1. The van der Waals surface area contributed by atoms with Crippen molar-refractivity contribution in [2.45, 2.75) is 33.6 Å². The Labute approximate surface area is 85.5 Å². The molecule has 3 nitrogen and oxygen atoms in total. The molecule has 2 unspecified atom stereocenters. The van der Waals surface area contributed by atoms with Crippen LogP contribution in [0.3, 0.4) is 0 Å². The van der Waals surface area contributed by atoms with Crippen LogP contribution in [0.1, 0.15) is 33.6 Å². The number of carbonyl (C=O) groups is 1. The van der Waals surface area contributed by atoms with Crippen LogP contribution >= 0.6 is 0 Å². The molecular weight excluding hydrogens is 180 g/mol. The van der Waals surface area contributed by atoms with Crippen LogP contribution in [0.4, 0.5) is 0 Å². The summed E-state index contributed by atoms with van der Waals surface area (Å²) >= 11 is 0. The van der Waals surface area contributed by atoms with Crippen LogP contribution in [0.15, 0.2) is 0 Å². The number of rotatable bonds is 2. The van der Waals surface area contributed by atoms with Gasteiger partial charge in [0.15, 0.2) is 0 Å². The van der Waals surface area contributed by atoms with Crippen LogP contribution in [-0.4, -0.2) is 24.3 Å². The van der Waals surface area contributed by atoms with E-state index in [1.54, 1.807) is 0 Å². The van der Waals surface area contributed by atoms with Gasteiger partial charge in [0.1, 0.15) is 0 Å². The van der Waals surface area contributed by atoms with Gasteiger partial charge in [-0.1, -0.05) is 20.8 Å². The largest absolute Gasteiger partial charge is 0.481 e. The molecule has 0 aromatic carbocycles. The fourth-order valence-corrected chi connectivity index (χ4v) is 2.31. The van der Waals surface area contributed by atoms with E-state index in [1.807, 2.05) is 20.8 Å². The average molecular weight is 200 g/mol. The quantitative estimate of drug-likeness (QED) is 0.743. The molecule has 0 amide bonds. The Morgan fingerprint density at radius 1 is 1.50 bits per heavy atom. The summed E-state index contributed by atoms with van der Waals surface area (Å²) < 4.78 is 5.35. The molecule has 0 spiro atoms. The Hall–Kier alpha value is -0.570. The van der Waals surface area contributed by atoms with Gasteiger partial charge in [-0.2, -0.15) is 0 Å². The third-order valence-electron chi connectivity index (χ3n) is 2.87. The van der Waals surface area contributed by atoms with Gasteiger partial charge in [-0.25, -0.2) is 0 Å². The predicted molar refractivity (Wildman–Crippen MR) is 54.1 cm³/mol. The van der Waals surface area contributed by atoms with Crippen molar-refractivity contribution in [1.29, 1.82) is 0 Å². The van der Waals surface area contributed by atoms with Gasteiger partial charge in [-0.3, -0.25) is 4.79 Å². The maximum absolute atomic E-state index is 11.2. The lowest BCUT2D eigenvalue weighted by molar-refractivity contribution is -0.151. The van der Waals surface area contributed by atoms with Crippen LogP contribution in [0.25, 0.3) is 0 Å². The Morgan fingerprint density at radius 3 is 2.50 bits per heavy atom. The first kappa shape index (κ1) is 11.5. The number of carboxylic acids is 1. The molecule has 0 aliphatic carbocycles. The summed E-state index contributed by atoms with van der Waals surface area (Å²) in [6.45, 7) is 7.35. The van der Waals surface area contributed by atoms with Gasteiger partial charge in [-0.05, 0) is 24.2 Å². The van der Waals surface area contributed by atoms with Crippen molar-refractivity contribution >= 4 is 5.97 Å². The molecular formula is C11H20O3. The topological polar surface area (TPSA) is 46.5 Å². The van der Waals surface area contributed by atoms with Crippen LogP contribution in [0, 0.1) is 17.3 Å². The Bertz CT molecular complexity index is 199. The van der Waals surface area contributed by atoms with Gasteiger partial charge in [0.2, 0.25) is 0 Å². The van der Waals surface area contributed by atoms with E-state index >= 15 is 0 Å². The maximum atomic E-state index is 11.2. The van der Waals surface area contributed by atoms with Gasteiger partial charge in [0, 0.05) is 6.61 Å². The Balaban J connectivity index is 2.71. The van der Waals surface area contributed by atoms with Crippen LogP contribution < -0.4 is 0 Å². The van der Waals surface area contributed by atoms with Crippen molar-refractivity contribution in [3.63, 3.8) is 0 Å². The molecule has 82 valence electrons. The van der Waals surface area contributed by atoms with Crippen molar-refractivity contribution in [2.75, 3.05) is 13.2 Å². The monoisotopic (exact) mass is 200 g/mol. The molecule has 1 fully saturated rings. The summed E-state index contributed by atoms with van der Waals surface area (Å²) in [4.78, 5) is 11.2. The van der Waals surface area contributed by atoms with Gasteiger partial charge in [0.05, 0.1) is 12.5 Å². The lowest BCUT2D eigenvalue weighted by atomic mass is 9.71. The second kappa shape index (κ2) is 4.30. The zero-order valence-electron chi connectivity index (χ0n) is 9.25. The normalized spacial score (nSPS) is 25.8. The highest BCUT2D eigenvalue weighted by Gasteiger charge is 2.38. The lowest BCUT2D eigenvalue weighted by Crippen LogP contribution is -2.38. The highest BCUT2D eigenvalue weighted by Crippen LogP contribution is 2.36. The molecule has 1 rings (SSSR count). The predicted octanol–water partition coefficient (Wildman–Crippen LogP) is 2.16. The Kier molecular flexibility index (Phi) is 3.53. The summed E-state index contributed by atoms with van der Waals surface area (Å²) in [6, 6.07) is 0. The molecule has 1 aliphatic rings. The number of ether oxygens (including phenoxy) is 1. The van der Waals surface area contributed by atoms with E-state index in [4.69, 9.17) is 4.74 Å². The summed E-state index contributed by atoms with van der Waals surface area (Å²) in [6.07, 6.45) is 1.97. The fraction of sp³-hybridized carbons (Fsp3) is 0.909. The van der Waals surface area contributed by atoms with Gasteiger partial charge < -0.3 is 9.84 Å². The smallest absolute Gasteiger partial charge is 0.307 e. The molecule has 0 radical (unpaired) electrons. The summed E-state index contributed by atoms with van der Waals surface area (Å²) in [5.74, 6) is -0.794. The van der Waals surface area contributed by atoms with E-state index in [1.165, 1.54) is 0 Å². The minimum absolute atomic E-state index is 0.182. The molecule has 1 N–H and O–H groups in total. The Morgan fingerprint density at radius 2 is 2.14 bits per heavy atom. The van der Waals surface area contributed by atoms with Gasteiger partial charge >= 0.3 is 5.97 Å². The zero-order chi connectivity index (χ0) is 10.8. The van der Waals surface area contributed by atoms with E-state index in [0.717, 1.165) is 19.4 Å². The second-order valence-corrected chi connectivity index (χ2v) is 5.16. The van der Waals surface area contributed by atoms with E-state index in [2.05, 4.69) is 0 Å². The van der Waals surface area contributed by atoms with E-state index in [9.17, 15) is 9.90 Å². The molecule has 14 heavy (non-hydrogen) atoms.